The van der Waals surface area contributed by atoms with E-state index in [1.165, 1.54) is 19.2 Å². The summed E-state index contributed by atoms with van der Waals surface area (Å²) in [5.74, 6) is -0.783. The fraction of sp³-hybridized carbons (Fsp3) is 0.364. The molecule has 0 radical (unpaired) electrons. The lowest BCUT2D eigenvalue weighted by atomic mass is 10.2. The van der Waals surface area contributed by atoms with Crippen LogP contribution < -0.4 is 5.32 Å². The monoisotopic (exact) mass is 227 g/mol. The molecule has 88 valence electrons. The van der Waals surface area contributed by atoms with Gasteiger partial charge in [0.1, 0.15) is 5.82 Å². The van der Waals surface area contributed by atoms with Gasteiger partial charge in [0.05, 0.1) is 19.6 Å². The predicted octanol–water partition coefficient (Wildman–Crippen LogP) is 1.16. The highest BCUT2D eigenvalue weighted by Gasteiger charge is 2.10. The third kappa shape index (κ3) is 4.27. The first-order chi connectivity index (χ1) is 7.61. The SMILES string of the molecule is COC(=O)CC(O)CNc1ccc(F)cc1. The summed E-state index contributed by atoms with van der Waals surface area (Å²) in [4.78, 5) is 10.8. The van der Waals surface area contributed by atoms with Gasteiger partial charge in [0.2, 0.25) is 0 Å². The fourth-order valence-corrected chi connectivity index (χ4v) is 1.15. The number of nitrogens with one attached hydrogen (secondary N) is 1. The Morgan fingerprint density at radius 2 is 2.12 bits per heavy atom. The first-order valence-corrected chi connectivity index (χ1v) is 4.86. The first kappa shape index (κ1) is 12.4. The van der Waals surface area contributed by atoms with Gasteiger partial charge in [-0.15, -0.1) is 0 Å². The lowest BCUT2D eigenvalue weighted by Crippen LogP contribution is -2.23. The van der Waals surface area contributed by atoms with Gasteiger partial charge < -0.3 is 15.2 Å². The van der Waals surface area contributed by atoms with Gasteiger partial charge in [-0.3, -0.25) is 4.79 Å². The Bertz CT molecular complexity index is 340. The van der Waals surface area contributed by atoms with E-state index in [2.05, 4.69) is 10.1 Å². The number of aliphatic hydroxyl groups excluding tert-OH is 1. The van der Waals surface area contributed by atoms with Crippen molar-refractivity contribution in [2.75, 3.05) is 19.0 Å². The molecule has 0 amide bonds. The van der Waals surface area contributed by atoms with Crippen molar-refractivity contribution < 1.29 is 19.0 Å². The molecule has 0 aliphatic rings. The summed E-state index contributed by atoms with van der Waals surface area (Å²) >= 11 is 0. The molecule has 0 bridgehead atoms. The van der Waals surface area contributed by atoms with E-state index in [0.29, 0.717) is 5.69 Å². The second-order valence-corrected chi connectivity index (χ2v) is 3.32. The van der Waals surface area contributed by atoms with Crippen LogP contribution in [0.3, 0.4) is 0 Å². The molecule has 1 aromatic rings. The van der Waals surface area contributed by atoms with Crippen LogP contribution >= 0.6 is 0 Å². The third-order valence-corrected chi connectivity index (χ3v) is 2.02. The molecule has 0 fully saturated rings. The van der Waals surface area contributed by atoms with Crippen molar-refractivity contribution in [2.24, 2.45) is 0 Å². The number of esters is 1. The number of anilines is 1. The Morgan fingerprint density at radius 3 is 2.69 bits per heavy atom. The quantitative estimate of drug-likeness (QED) is 0.741. The van der Waals surface area contributed by atoms with E-state index < -0.39 is 12.1 Å². The van der Waals surface area contributed by atoms with E-state index in [1.54, 1.807) is 12.1 Å². The highest BCUT2D eigenvalue weighted by Crippen LogP contribution is 2.08. The standard InChI is InChI=1S/C11H14FNO3/c1-16-11(15)6-10(14)7-13-9-4-2-8(12)3-5-9/h2-5,10,13-14H,6-7H2,1H3. The number of hydrogen-bond donors (Lipinski definition) is 2. The highest BCUT2D eigenvalue weighted by atomic mass is 19.1. The second kappa shape index (κ2) is 6.07. The Kier molecular flexibility index (Phi) is 4.72. The number of carbonyl (C=O) groups excluding carboxylic acids is 1. The molecule has 5 heteroatoms. The smallest absolute Gasteiger partial charge is 0.308 e. The summed E-state index contributed by atoms with van der Waals surface area (Å²) in [6, 6.07) is 5.74. The first-order valence-electron chi connectivity index (χ1n) is 4.86. The van der Waals surface area contributed by atoms with Crippen molar-refractivity contribution >= 4 is 11.7 Å². The largest absolute Gasteiger partial charge is 0.469 e. The predicted molar refractivity (Wildman–Crippen MR) is 57.5 cm³/mol. The van der Waals surface area contributed by atoms with Crippen molar-refractivity contribution in [3.05, 3.63) is 30.1 Å². The molecular weight excluding hydrogens is 213 g/mol. The van der Waals surface area contributed by atoms with Crippen LogP contribution in [0.4, 0.5) is 10.1 Å². The van der Waals surface area contributed by atoms with Gasteiger partial charge in [0.25, 0.3) is 0 Å². The van der Waals surface area contributed by atoms with E-state index in [0.717, 1.165) is 0 Å². The highest BCUT2D eigenvalue weighted by molar-refractivity contribution is 5.69. The van der Waals surface area contributed by atoms with Crippen LogP contribution in [0.25, 0.3) is 0 Å². The molecule has 16 heavy (non-hydrogen) atoms. The van der Waals surface area contributed by atoms with Gasteiger partial charge in [-0.25, -0.2) is 4.39 Å². The molecule has 1 aromatic carbocycles. The van der Waals surface area contributed by atoms with Crippen molar-refractivity contribution in [2.45, 2.75) is 12.5 Å². The number of halogens is 1. The molecule has 0 spiro atoms. The lowest BCUT2D eigenvalue weighted by Gasteiger charge is -2.11. The maximum atomic E-state index is 12.6. The zero-order chi connectivity index (χ0) is 12.0. The molecule has 0 aliphatic carbocycles. The van der Waals surface area contributed by atoms with E-state index in [4.69, 9.17) is 0 Å². The number of rotatable bonds is 5. The molecular formula is C11H14FNO3. The van der Waals surface area contributed by atoms with Crippen LogP contribution in [-0.2, 0) is 9.53 Å². The summed E-state index contributed by atoms with van der Waals surface area (Å²) in [7, 11) is 1.27. The van der Waals surface area contributed by atoms with Crippen LogP contribution in [0.1, 0.15) is 6.42 Å². The zero-order valence-corrected chi connectivity index (χ0v) is 8.94. The summed E-state index contributed by atoms with van der Waals surface area (Å²) in [5.41, 5.74) is 0.685. The number of hydrogen-bond acceptors (Lipinski definition) is 4. The van der Waals surface area contributed by atoms with Crippen LogP contribution in [-0.4, -0.2) is 30.8 Å². The lowest BCUT2D eigenvalue weighted by molar-refractivity contribution is -0.142. The molecule has 4 nitrogen and oxygen atoms in total. The summed E-state index contributed by atoms with van der Waals surface area (Å²) < 4.78 is 17.0. The Labute approximate surface area is 93.0 Å². The molecule has 2 N–H and O–H groups in total. The Hall–Kier alpha value is -1.62. The summed E-state index contributed by atoms with van der Waals surface area (Å²) in [5, 5.41) is 12.3. The molecule has 1 atom stereocenters. The van der Waals surface area contributed by atoms with Crippen molar-refractivity contribution in [1.29, 1.82) is 0 Å². The zero-order valence-electron chi connectivity index (χ0n) is 8.94. The summed E-state index contributed by atoms with van der Waals surface area (Å²) in [6.07, 6.45) is -0.887. The van der Waals surface area contributed by atoms with Gasteiger partial charge >= 0.3 is 5.97 Å². The number of aliphatic hydroxyl groups is 1. The van der Waals surface area contributed by atoms with Crippen LogP contribution in [0, 0.1) is 5.82 Å². The maximum Gasteiger partial charge on any atom is 0.308 e. The molecule has 0 heterocycles. The van der Waals surface area contributed by atoms with E-state index in [1.807, 2.05) is 0 Å². The number of ether oxygens (including phenoxy) is 1. The molecule has 0 saturated carbocycles. The van der Waals surface area contributed by atoms with Crippen molar-refractivity contribution in [1.82, 2.24) is 0 Å². The van der Waals surface area contributed by atoms with E-state index in [9.17, 15) is 14.3 Å². The maximum absolute atomic E-state index is 12.6. The van der Waals surface area contributed by atoms with Gasteiger partial charge in [-0.1, -0.05) is 0 Å². The minimum Gasteiger partial charge on any atom is -0.469 e. The Balaban J connectivity index is 2.34. The molecule has 0 aliphatic heterocycles. The van der Waals surface area contributed by atoms with Gasteiger partial charge in [0, 0.05) is 12.2 Å². The molecule has 1 unspecified atom stereocenters. The average molecular weight is 227 g/mol. The second-order valence-electron chi connectivity index (χ2n) is 3.32. The van der Waals surface area contributed by atoms with Crippen LogP contribution in [0.15, 0.2) is 24.3 Å². The number of methoxy groups -OCH3 is 1. The average Bonchev–Trinajstić information content (AvgIpc) is 2.28. The van der Waals surface area contributed by atoms with Gasteiger partial charge in [-0.2, -0.15) is 0 Å². The normalized spacial score (nSPS) is 11.9. The number of benzene rings is 1. The van der Waals surface area contributed by atoms with Crippen molar-refractivity contribution in [3.63, 3.8) is 0 Å². The van der Waals surface area contributed by atoms with Crippen LogP contribution in [0.2, 0.25) is 0 Å². The van der Waals surface area contributed by atoms with E-state index in [-0.39, 0.29) is 18.8 Å². The minimum absolute atomic E-state index is 0.0648. The molecule has 0 aromatic heterocycles. The minimum atomic E-state index is -0.822. The molecule has 0 saturated heterocycles. The summed E-state index contributed by atoms with van der Waals surface area (Å²) in [6.45, 7) is 0.209. The molecule has 1 rings (SSSR count). The van der Waals surface area contributed by atoms with Crippen molar-refractivity contribution in [3.8, 4) is 0 Å². The fourth-order valence-electron chi connectivity index (χ4n) is 1.15. The number of carbonyl (C=O) groups is 1. The van der Waals surface area contributed by atoms with Gasteiger partial charge in [0.15, 0.2) is 0 Å². The third-order valence-electron chi connectivity index (χ3n) is 2.02. The van der Waals surface area contributed by atoms with Crippen LogP contribution in [0.5, 0.6) is 0 Å². The topological polar surface area (TPSA) is 58.6 Å². The Morgan fingerprint density at radius 1 is 1.50 bits per heavy atom. The van der Waals surface area contributed by atoms with E-state index >= 15 is 0 Å². The van der Waals surface area contributed by atoms with Gasteiger partial charge in [-0.05, 0) is 24.3 Å².